The van der Waals surface area contributed by atoms with Crippen LogP contribution in [0.3, 0.4) is 0 Å². The van der Waals surface area contributed by atoms with Crippen LogP contribution in [-0.4, -0.2) is 4.98 Å². The Morgan fingerprint density at radius 1 is 1.53 bits per heavy atom. The van der Waals surface area contributed by atoms with Crippen molar-refractivity contribution < 1.29 is 0 Å². The Hall–Kier alpha value is -0.350. The fraction of sp³-hybridized carbons (Fsp3) is 0.500. The molecule has 2 rings (SSSR count). The van der Waals surface area contributed by atoms with Crippen LogP contribution in [0.2, 0.25) is 10.0 Å². The summed E-state index contributed by atoms with van der Waals surface area (Å²) in [6.07, 6.45) is 5.15. The lowest BCUT2D eigenvalue weighted by Gasteiger charge is -2.16. The van der Waals surface area contributed by atoms with E-state index in [4.69, 9.17) is 29.0 Å². The van der Waals surface area contributed by atoms with Crippen LogP contribution >= 0.6 is 23.2 Å². The summed E-state index contributed by atoms with van der Waals surface area (Å²) in [5.41, 5.74) is 3.55. The van der Waals surface area contributed by atoms with Crippen LogP contribution in [0.1, 0.15) is 31.0 Å². The van der Waals surface area contributed by atoms with Gasteiger partial charge in [0, 0.05) is 6.20 Å². The molecule has 0 radical (unpaired) electrons. The third-order valence-corrected chi connectivity index (χ3v) is 3.14. The fourth-order valence-corrected chi connectivity index (χ4v) is 2.14. The van der Waals surface area contributed by atoms with Gasteiger partial charge in [0.25, 0.3) is 0 Å². The van der Waals surface area contributed by atoms with Gasteiger partial charge in [-0.1, -0.05) is 36.0 Å². The lowest BCUT2D eigenvalue weighted by molar-refractivity contribution is 0.477. The van der Waals surface area contributed by atoms with Gasteiger partial charge in [-0.3, -0.25) is 16.3 Å². The average Bonchev–Trinajstić information content (AvgIpc) is 2.99. The fourth-order valence-electron chi connectivity index (χ4n) is 1.63. The van der Waals surface area contributed by atoms with E-state index in [2.05, 4.69) is 10.4 Å². The maximum atomic E-state index is 6.06. The number of halogens is 2. The number of nitrogens with one attached hydrogen (secondary N) is 1. The Balaban J connectivity index is 2.16. The van der Waals surface area contributed by atoms with Crippen molar-refractivity contribution in [2.45, 2.75) is 25.3 Å². The Kier molecular flexibility index (Phi) is 3.46. The van der Waals surface area contributed by atoms with Gasteiger partial charge in [0.15, 0.2) is 0 Å². The molecule has 1 fully saturated rings. The standard InChI is InChI=1S/C10H13Cl2N3/c11-7-4-8(12)10(14-5-7)9(15-13)3-6-1-2-6/h4-6,9,15H,1-3,13H2. The molecule has 82 valence electrons. The van der Waals surface area contributed by atoms with E-state index in [-0.39, 0.29) is 6.04 Å². The molecule has 1 atom stereocenters. The van der Waals surface area contributed by atoms with Gasteiger partial charge in [-0.15, -0.1) is 0 Å². The van der Waals surface area contributed by atoms with Gasteiger partial charge in [-0.2, -0.15) is 0 Å². The maximum absolute atomic E-state index is 6.06. The molecule has 1 heterocycles. The first-order chi connectivity index (χ1) is 7.20. The minimum atomic E-state index is 0.0299. The molecule has 15 heavy (non-hydrogen) atoms. The monoisotopic (exact) mass is 245 g/mol. The van der Waals surface area contributed by atoms with Crippen molar-refractivity contribution in [3.63, 3.8) is 0 Å². The molecule has 0 aromatic carbocycles. The zero-order valence-electron chi connectivity index (χ0n) is 8.21. The van der Waals surface area contributed by atoms with Gasteiger partial charge >= 0.3 is 0 Å². The summed E-state index contributed by atoms with van der Waals surface area (Å²) >= 11 is 11.8. The van der Waals surface area contributed by atoms with Crippen molar-refractivity contribution >= 4 is 23.2 Å². The molecule has 0 saturated heterocycles. The second kappa shape index (κ2) is 4.66. The van der Waals surface area contributed by atoms with Crippen molar-refractivity contribution in [2.24, 2.45) is 11.8 Å². The summed E-state index contributed by atoms with van der Waals surface area (Å²) in [7, 11) is 0. The van der Waals surface area contributed by atoms with Crippen molar-refractivity contribution in [3.05, 3.63) is 28.0 Å². The molecule has 3 N–H and O–H groups in total. The second-order valence-corrected chi connectivity index (χ2v) is 4.76. The zero-order chi connectivity index (χ0) is 10.8. The molecule has 3 nitrogen and oxygen atoms in total. The van der Waals surface area contributed by atoms with E-state index in [1.165, 1.54) is 12.8 Å². The first-order valence-electron chi connectivity index (χ1n) is 4.97. The van der Waals surface area contributed by atoms with Gasteiger partial charge in [-0.25, -0.2) is 0 Å². The van der Waals surface area contributed by atoms with Crippen LogP contribution in [0.25, 0.3) is 0 Å². The van der Waals surface area contributed by atoms with E-state index in [0.717, 1.165) is 18.0 Å². The number of pyridine rings is 1. The van der Waals surface area contributed by atoms with Crippen LogP contribution in [0, 0.1) is 5.92 Å². The van der Waals surface area contributed by atoms with Gasteiger partial charge in [-0.05, 0) is 18.4 Å². The molecule has 1 unspecified atom stereocenters. The highest BCUT2D eigenvalue weighted by atomic mass is 35.5. The third-order valence-electron chi connectivity index (χ3n) is 2.63. The molecule has 0 spiro atoms. The number of rotatable bonds is 4. The first kappa shape index (κ1) is 11.1. The number of hydrogen-bond acceptors (Lipinski definition) is 3. The van der Waals surface area contributed by atoms with E-state index >= 15 is 0 Å². The molecule has 1 aromatic rings. The largest absolute Gasteiger partial charge is 0.271 e. The predicted molar refractivity (Wildman–Crippen MR) is 61.7 cm³/mol. The van der Waals surface area contributed by atoms with E-state index in [0.29, 0.717) is 10.0 Å². The highest BCUT2D eigenvalue weighted by molar-refractivity contribution is 6.34. The lowest BCUT2D eigenvalue weighted by Crippen LogP contribution is -2.29. The molecular weight excluding hydrogens is 233 g/mol. The van der Waals surface area contributed by atoms with E-state index in [1.54, 1.807) is 12.3 Å². The second-order valence-electron chi connectivity index (χ2n) is 3.92. The highest BCUT2D eigenvalue weighted by Crippen LogP contribution is 2.38. The third kappa shape index (κ3) is 2.82. The molecule has 1 aliphatic carbocycles. The molecule has 0 amide bonds. The molecule has 1 aliphatic rings. The predicted octanol–water partition coefficient (Wildman–Crippen LogP) is 2.69. The summed E-state index contributed by atoms with van der Waals surface area (Å²) in [5, 5.41) is 1.12. The summed E-state index contributed by atoms with van der Waals surface area (Å²) < 4.78 is 0. The first-order valence-corrected chi connectivity index (χ1v) is 5.73. The summed E-state index contributed by atoms with van der Waals surface area (Å²) in [6.45, 7) is 0. The molecule has 1 aromatic heterocycles. The molecular formula is C10H13Cl2N3. The van der Waals surface area contributed by atoms with Gasteiger partial charge < -0.3 is 0 Å². The number of aromatic nitrogens is 1. The molecule has 5 heteroatoms. The summed E-state index contributed by atoms with van der Waals surface area (Å²) in [5.74, 6) is 6.27. The van der Waals surface area contributed by atoms with Crippen molar-refractivity contribution in [1.29, 1.82) is 0 Å². The van der Waals surface area contributed by atoms with Crippen LogP contribution < -0.4 is 11.3 Å². The minimum absolute atomic E-state index is 0.0299. The van der Waals surface area contributed by atoms with Crippen molar-refractivity contribution in [2.75, 3.05) is 0 Å². The SMILES string of the molecule is NNC(CC1CC1)c1ncc(Cl)cc1Cl. The number of nitrogens with two attached hydrogens (primary N) is 1. The summed E-state index contributed by atoms with van der Waals surface area (Å²) in [6, 6.07) is 1.73. The number of nitrogens with zero attached hydrogens (tertiary/aromatic N) is 1. The van der Waals surface area contributed by atoms with Crippen LogP contribution in [0.5, 0.6) is 0 Å². The van der Waals surface area contributed by atoms with Crippen LogP contribution in [0.4, 0.5) is 0 Å². The Bertz CT molecular complexity index is 353. The van der Waals surface area contributed by atoms with E-state index in [9.17, 15) is 0 Å². The van der Waals surface area contributed by atoms with Gasteiger partial charge in [0.1, 0.15) is 0 Å². The van der Waals surface area contributed by atoms with E-state index < -0.39 is 0 Å². The van der Waals surface area contributed by atoms with Crippen molar-refractivity contribution in [3.8, 4) is 0 Å². The molecule has 1 saturated carbocycles. The van der Waals surface area contributed by atoms with Gasteiger partial charge in [0.2, 0.25) is 0 Å². The normalized spacial score (nSPS) is 17.8. The Labute approximate surface area is 98.9 Å². The number of hydrogen-bond donors (Lipinski definition) is 2. The Morgan fingerprint density at radius 3 is 2.80 bits per heavy atom. The quantitative estimate of drug-likeness (QED) is 0.634. The van der Waals surface area contributed by atoms with Gasteiger partial charge in [0.05, 0.1) is 21.8 Å². The van der Waals surface area contributed by atoms with E-state index in [1.807, 2.05) is 0 Å². The topological polar surface area (TPSA) is 50.9 Å². The molecule has 0 aliphatic heterocycles. The minimum Gasteiger partial charge on any atom is -0.271 e. The molecule has 0 bridgehead atoms. The van der Waals surface area contributed by atoms with Crippen LogP contribution in [-0.2, 0) is 0 Å². The Morgan fingerprint density at radius 2 is 2.27 bits per heavy atom. The zero-order valence-corrected chi connectivity index (χ0v) is 9.72. The maximum Gasteiger partial charge on any atom is 0.0773 e. The van der Waals surface area contributed by atoms with Crippen molar-refractivity contribution in [1.82, 2.24) is 10.4 Å². The average molecular weight is 246 g/mol. The number of hydrazine groups is 1. The van der Waals surface area contributed by atoms with Crippen LogP contribution in [0.15, 0.2) is 12.3 Å². The highest BCUT2D eigenvalue weighted by Gasteiger charge is 2.27. The lowest BCUT2D eigenvalue weighted by atomic mass is 10.1. The summed E-state index contributed by atoms with van der Waals surface area (Å²) in [4.78, 5) is 4.22. The smallest absolute Gasteiger partial charge is 0.0773 e.